The van der Waals surface area contributed by atoms with Gasteiger partial charge >= 0.3 is 6.09 Å². The number of piperidine rings is 2. The first-order valence-corrected chi connectivity index (χ1v) is 14.8. The summed E-state index contributed by atoms with van der Waals surface area (Å²) in [5.74, 6) is 0.725. The number of likely N-dealkylation sites (tertiary alicyclic amines) is 1. The van der Waals surface area contributed by atoms with Crippen molar-refractivity contribution >= 4 is 37.7 Å². The average Bonchev–Trinajstić information content (AvgIpc) is 2.84. The number of morpholine rings is 1. The van der Waals surface area contributed by atoms with Crippen LogP contribution in [0.1, 0.15) is 51.0 Å². The van der Waals surface area contributed by atoms with Crippen LogP contribution in [0.15, 0.2) is 16.7 Å². The zero-order valence-electron chi connectivity index (χ0n) is 20.1. The Bertz CT molecular complexity index is 922. The summed E-state index contributed by atoms with van der Waals surface area (Å²) in [4.78, 5) is 19.3. The smallest absolute Gasteiger partial charge is 0.407 e. The third-order valence-electron chi connectivity index (χ3n) is 7.06. The normalized spacial score (nSPS) is 23.1. The van der Waals surface area contributed by atoms with Crippen LogP contribution in [-0.4, -0.2) is 87.7 Å². The summed E-state index contributed by atoms with van der Waals surface area (Å²) < 4.78 is 30.8. The summed E-state index contributed by atoms with van der Waals surface area (Å²) in [6.07, 6.45) is 5.79. The van der Waals surface area contributed by atoms with E-state index >= 15 is 0 Å². The molecule has 0 aliphatic carbocycles. The number of rotatable bonds is 4. The Morgan fingerprint density at radius 2 is 1.91 bits per heavy atom. The molecule has 4 rings (SSSR count). The Balaban J connectivity index is 0.000000469. The van der Waals surface area contributed by atoms with E-state index in [1.807, 2.05) is 6.07 Å². The van der Waals surface area contributed by atoms with Gasteiger partial charge in [-0.15, -0.1) is 0 Å². The van der Waals surface area contributed by atoms with Crippen molar-refractivity contribution in [1.82, 2.24) is 15.2 Å². The summed E-state index contributed by atoms with van der Waals surface area (Å²) in [6.45, 7) is 6.88. The highest BCUT2D eigenvalue weighted by molar-refractivity contribution is 9.10. The molecule has 0 bridgehead atoms. The van der Waals surface area contributed by atoms with Crippen molar-refractivity contribution < 1.29 is 23.1 Å². The largest absolute Gasteiger partial charge is 0.465 e. The monoisotopic (exact) mass is 560 g/mol. The minimum atomic E-state index is -3.48. The molecule has 0 radical (unpaired) electrons. The Hall–Kier alpha value is -1.43. The standard InChI is InChI=1S/C18H26BrN3O5S.C5H11N/c1-3-14-12-27-9-8-22(14)16-11-13(10-15(19)20-16)18(28(2,25)26)4-6-21(7-5-18)17(23)24;1-2-4-6-5-3-1/h10-11,14H,3-9,12H2,1-2H3,(H,23,24);6H,1-5H2/t14-;/m0./s1. The summed E-state index contributed by atoms with van der Waals surface area (Å²) in [5.41, 5.74) is 0.665. The van der Waals surface area contributed by atoms with Gasteiger partial charge in [-0.25, -0.2) is 18.2 Å². The molecule has 34 heavy (non-hydrogen) atoms. The van der Waals surface area contributed by atoms with Gasteiger partial charge in [-0.3, -0.25) is 0 Å². The zero-order chi connectivity index (χ0) is 24.8. The molecule has 3 saturated heterocycles. The average molecular weight is 562 g/mol. The van der Waals surface area contributed by atoms with E-state index in [0.717, 1.165) is 12.2 Å². The minimum absolute atomic E-state index is 0.187. The number of aromatic nitrogens is 1. The Kier molecular flexibility index (Phi) is 9.59. The van der Waals surface area contributed by atoms with Crippen molar-refractivity contribution in [1.29, 1.82) is 0 Å². The lowest BCUT2D eigenvalue weighted by Gasteiger charge is -2.41. The first kappa shape index (κ1) is 27.2. The molecule has 0 spiro atoms. The minimum Gasteiger partial charge on any atom is -0.465 e. The van der Waals surface area contributed by atoms with Crippen molar-refractivity contribution in [3.05, 3.63) is 22.3 Å². The lowest BCUT2D eigenvalue weighted by molar-refractivity contribution is 0.0925. The lowest BCUT2D eigenvalue weighted by atomic mass is 9.88. The molecule has 3 fully saturated rings. The fourth-order valence-electron chi connectivity index (χ4n) is 4.92. The first-order chi connectivity index (χ1) is 16.2. The van der Waals surface area contributed by atoms with Crippen molar-refractivity contribution in [3.63, 3.8) is 0 Å². The van der Waals surface area contributed by atoms with Crippen LogP contribution in [0.25, 0.3) is 0 Å². The molecule has 0 unspecified atom stereocenters. The van der Waals surface area contributed by atoms with Crippen molar-refractivity contribution in [2.45, 2.75) is 56.2 Å². The summed E-state index contributed by atoms with van der Waals surface area (Å²) in [6, 6.07) is 3.80. The Morgan fingerprint density at radius 1 is 1.24 bits per heavy atom. The van der Waals surface area contributed by atoms with Crippen LogP contribution in [0.5, 0.6) is 0 Å². The van der Waals surface area contributed by atoms with Crippen molar-refractivity contribution in [2.24, 2.45) is 0 Å². The van der Waals surface area contributed by atoms with Gasteiger partial charge in [-0.05, 0) is 78.8 Å². The van der Waals surface area contributed by atoms with E-state index in [2.05, 4.69) is 38.1 Å². The van der Waals surface area contributed by atoms with Gasteiger partial charge in [-0.1, -0.05) is 13.3 Å². The highest BCUT2D eigenvalue weighted by Gasteiger charge is 2.46. The number of anilines is 1. The van der Waals surface area contributed by atoms with Crippen molar-refractivity contribution in [2.75, 3.05) is 57.1 Å². The zero-order valence-corrected chi connectivity index (χ0v) is 22.5. The van der Waals surface area contributed by atoms with Crippen LogP contribution >= 0.6 is 15.9 Å². The first-order valence-electron chi connectivity index (χ1n) is 12.1. The third kappa shape index (κ3) is 6.41. The van der Waals surface area contributed by atoms with Crippen LogP contribution in [-0.2, 0) is 19.3 Å². The molecule has 192 valence electrons. The molecule has 4 heterocycles. The number of nitrogens with zero attached hydrogens (tertiary/aromatic N) is 3. The molecule has 3 aliphatic rings. The van der Waals surface area contributed by atoms with E-state index in [-0.39, 0.29) is 32.0 Å². The van der Waals surface area contributed by atoms with Gasteiger partial charge in [0.15, 0.2) is 9.84 Å². The molecular weight excluding hydrogens is 524 g/mol. The number of pyridine rings is 1. The van der Waals surface area contributed by atoms with Gasteiger partial charge < -0.3 is 25.0 Å². The maximum absolute atomic E-state index is 12.9. The highest BCUT2D eigenvalue weighted by Crippen LogP contribution is 2.42. The van der Waals surface area contributed by atoms with Gasteiger partial charge in [0.1, 0.15) is 15.2 Å². The molecule has 1 aromatic rings. The molecule has 1 atom stereocenters. The van der Waals surface area contributed by atoms with Crippen LogP contribution in [0.2, 0.25) is 0 Å². The number of carbonyl (C=O) groups is 1. The van der Waals surface area contributed by atoms with Crippen LogP contribution in [0, 0.1) is 0 Å². The predicted octanol–water partition coefficient (Wildman–Crippen LogP) is 3.23. The van der Waals surface area contributed by atoms with E-state index in [9.17, 15) is 18.3 Å². The summed E-state index contributed by atoms with van der Waals surface area (Å²) in [7, 11) is -3.48. The fraction of sp³-hybridized carbons (Fsp3) is 0.739. The van der Waals surface area contributed by atoms with Crippen LogP contribution < -0.4 is 10.2 Å². The number of nitrogens with one attached hydrogen (secondary N) is 1. The highest BCUT2D eigenvalue weighted by atomic mass is 79.9. The van der Waals surface area contributed by atoms with Crippen LogP contribution in [0.4, 0.5) is 10.6 Å². The number of ether oxygens (including phenoxy) is 1. The number of sulfone groups is 1. The fourth-order valence-corrected chi connectivity index (χ4v) is 6.82. The van der Waals surface area contributed by atoms with Gasteiger partial charge in [0.2, 0.25) is 0 Å². The van der Waals surface area contributed by atoms with E-state index in [4.69, 9.17) is 4.74 Å². The molecule has 1 amide bonds. The Morgan fingerprint density at radius 3 is 2.41 bits per heavy atom. The second-order valence-electron chi connectivity index (χ2n) is 9.21. The number of amides is 1. The number of carboxylic acid groups (broad SMARTS) is 1. The summed E-state index contributed by atoms with van der Waals surface area (Å²) in [5, 5.41) is 12.5. The quantitative estimate of drug-likeness (QED) is 0.539. The third-order valence-corrected chi connectivity index (χ3v) is 9.53. The molecule has 1 aromatic heterocycles. The van der Waals surface area contributed by atoms with Crippen LogP contribution in [0.3, 0.4) is 0 Å². The van der Waals surface area contributed by atoms with Crippen molar-refractivity contribution in [3.8, 4) is 0 Å². The maximum atomic E-state index is 12.9. The molecule has 0 aromatic carbocycles. The van der Waals surface area contributed by atoms with E-state index in [1.54, 1.807) is 6.07 Å². The maximum Gasteiger partial charge on any atom is 0.407 e. The van der Waals surface area contributed by atoms with Gasteiger partial charge in [0.05, 0.1) is 19.3 Å². The lowest BCUT2D eigenvalue weighted by Crippen LogP contribution is -2.49. The molecular formula is C23H37BrN4O5S. The predicted molar refractivity (Wildman–Crippen MR) is 136 cm³/mol. The van der Waals surface area contributed by atoms with E-state index < -0.39 is 20.7 Å². The number of hydrogen-bond donors (Lipinski definition) is 2. The van der Waals surface area contributed by atoms with Gasteiger partial charge in [0, 0.05) is 25.9 Å². The molecule has 2 N–H and O–H groups in total. The van der Waals surface area contributed by atoms with E-state index in [0.29, 0.717) is 29.9 Å². The second kappa shape index (κ2) is 12.0. The molecule has 9 nitrogen and oxygen atoms in total. The molecule has 11 heteroatoms. The second-order valence-corrected chi connectivity index (χ2v) is 12.4. The van der Waals surface area contributed by atoms with E-state index in [1.165, 1.54) is 43.5 Å². The number of halogens is 1. The topological polar surface area (TPSA) is 112 Å². The SMILES string of the molecule is C1CCNCC1.CC[C@H]1COCCN1c1cc(C2(S(C)(=O)=O)CCN(C(=O)O)CC2)cc(Br)n1. The Labute approximate surface area is 211 Å². The van der Waals surface area contributed by atoms with Gasteiger partial charge in [0.25, 0.3) is 0 Å². The number of hydrogen-bond acceptors (Lipinski definition) is 7. The summed E-state index contributed by atoms with van der Waals surface area (Å²) >= 11 is 3.45. The van der Waals surface area contributed by atoms with Gasteiger partial charge in [-0.2, -0.15) is 0 Å². The molecule has 0 saturated carbocycles. The molecule has 3 aliphatic heterocycles.